The largest absolute Gasteiger partial charge is 0.289 e. The van der Waals surface area contributed by atoms with E-state index in [-0.39, 0.29) is 0 Å². The van der Waals surface area contributed by atoms with E-state index in [2.05, 4.69) is 16.8 Å². The van der Waals surface area contributed by atoms with Crippen molar-refractivity contribution in [3.8, 4) is 11.8 Å². The maximum atomic E-state index is 12.4. The molecule has 0 bridgehead atoms. The second-order valence-corrected chi connectivity index (χ2v) is 2.15. The molecule has 0 atom stereocenters. The van der Waals surface area contributed by atoms with Crippen molar-refractivity contribution in [2.45, 2.75) is 6.92 Å². The SMILES string of the molecule is Cc1nc(F)ccc1C#CC=O. The third kappa shape index (κ3) is 1.89. The quantitative estimate of drug-likeness (QED) is 0.325. The number of hydrogen-bond acceptors (Lipinski definition) is 2. The number of aryl methyl sites for hydroxylation is 1. The molecule has 2 nitrogen and oxygen atoms in total. The molecule has 0 aliphatic carbocycles. The van der Waals surface area contributed by atoms with E-state index in [1.165, 1.54) is 12.1 Å². The smallest absolute Gasteiger partial charge is 0.213 e. The van der Waals surface area contributed by atoms with Gasteiger partial charge >= 0.3 is 0 Å². The Morgan fingerprint density at radius 3 is 2.92 bits per heavy atom. The van der Waals surface area contributed by atoms with E-state index in [0.717, 1.165) is 0 Å². The number of nitrogens with zero attached hydrogens (tertiary/aromatic N) is 1. The molecule has 0 spiro atoms. The zero-order chi connectivity index (χ0) is 8.97. The van der Waals surface area contributed by atoms with Crippen LogP contribution in [0.2, 0.25) is 0 Å². The molecule has 3 heteroatoms. The fourth-order valence-corrected chi connectivity index (χ4v) is 0.770. The first-order valence-corrected chi connectivity index (χ1v) is 3.32. The van der Waals surface area contributed by atoms with Gasteiger partial charge in [0.15, 0.2) is 6.29 Å². The van der Waals surface area contributed by atoms with Gasteiger partial charge in [0.2, 0.25) is 5.95 Å². The van der Waals surface area contributed by atoms with E-state index >= 15 is 0 Å². The number of hydrogen-bond donors (Lipinski definition) is 0. The number of aldehydes is 1. The number of pyridine rings is 1. The molecule has 0 fully saturated rings. The molecule has 12 heavy (non-hydrogen) atoms. The summed E-state index contributed by atoms with van der Waals surface area (Å²) in [4.78, 5) is 13.4. The fraction of sp³-hybridized carbons (Fsp3) is 0.111. The highest BCUT2D eigenvalue weighted by Crippen LogP contribution is 2.03. The molecule has 0 saturated heterocycles. The Morgan fingerprint density at radius 2 is 2.33 bits per heavy atom. The number of halogens is 1. The van der Waals surface area contributed by atoms with Crippen LogP contribution in [0.25, 0.3) is 0 Å². The molecule has 0 aromatic carbocycles. The van der Waals surface area contributed by atoms with Crippen LogP contribution in [0.1, 0.15) is 11.3 Å². The summed E-state index contributed by atoms with van der Waals surface area (Å²) in [6, 6.07) is 2.70. The molecule has 1 heterocycles. The minimum atomic E-state index is -0.538. The van der Waals surface area contributed by atoms with E-state index in [4.69, 9.17) is 0 Å². The summed E-state index contributed by atoms with van der Waals surface area (Å²) in [6.45, 7) is 1.64. The fourth-order valence-electron chi connectivity index (χ4n) is 0.770. The predicted octanol–water partition coefficient (Wildman–Crippen LogP) is 1.08. The van der Waals surface area contributed by atoms with Crippen molar-refractivity contribution in [1.29, 1.82) is 0 Å². The number of carbonyl (C=O) groups is 1. The molecule has 0 aliphatic heterocycles. The average molecular weight is 163 g/mol. The summed E-state index contributed by atoms with van der Waals surface area (Å²) in [5, 5.41) is 0. The minimum Gasteiger partial charge on any atom is -0.289 e. The van der Waals surface area contributed by atoms with Crippen LogP contribution in [-0.4, -0.2) is 11.3 Å². The Labute approximate surface area is 69.4 Å². The normalized spacial score (nSPS) is 8.50. The zero-order valence-electron chi connectivity index (χ0n) is 6.47. The van der Waals surface area contributed by atoms with Gasteiger partial charge < -0.3 is 0 Å². The van der Waals surface area contributed by atoms with Crippen LogP contribution in [0, 0.1) is 24.7 Å². The lowest BCUT2D eigenvalue weighted by atomic mass is 10.2. The van der Waals surface area contributed by atoms with E-state index in [1.54, 1.807) is 6.92 Å². The second kappa shape index (κ2) is 3.63. The third-order valence-electron chi connectivity index (χ3n) is 1.32. The van der Waals surface area contributed by atoms with Crippen molar-refractivity contribution in [3.63, 3.8) is 0 Å². The molecule has 1 rings (SSSR count). The second-order valence-electron chi connectivity index (χ2n) is 2.15. The van der Waals surface area contributed by atoms with E-state index in [1.807, 2.05) is 0 Å². The van der Waals surface area contributed by atoms with Gasteiger partial charge in [-0.05, 0) is 25.0 Å². The molecule has 60 valence electrons. The maximum absolute atomic E-state index is 12.4. The molecule has 1 aromatic heterocycles. The Morgan fingerprint density at radius 1 is 1.58 bits per heavy atom. The van der Waals surface area contributed by atoms with Crippen LogP contribution in [0.5, 0.6) is 0 Å². The highest BCUT2D eigenvalue weighted by Gasteiger charge is 1.96. The molecule has 0 saturated carbocycles. The summed E-state index contributed by atoms with van der Waals surface area (Å²) in [6.07, 6.45) is 0.489. The number of rotatable bonds is 0. The number of aromatic nitrogens is 1. The predicted molar refractivity (Wildman–Crippen MR) is 41.9 cm³/mol. The highest BCUT2D eigenvalue weighted by molar-refractivity contribution is 5.74. The molecule has 0 aliphatic rings. The van der Waals surface area contributed by atoms with E-state index in [9.17, 15) is 9.18 Å². The van der Waals surface area contributed by atoms with Crippen LogP contribution < -0.4 is 0 Å². The van der Waals surface area contributed by atoms with Crippen molar-refractivity contribution < 1.29 is 9.18 Å². The topological polar surface area (TPSA) is 30.0 Å². The standard InChI is InChI=1S/C9H6FNO/c1-7-8(3-2-6-12)4-5-9(10)11-7/h4-6H,1H3. The average Bonchev–Trinajstić information content (AvgIpc) is 2.03. The summed E-state index contributed by atoms with van der Waals surface area (Å²) in [5.74, 6) is 4.24. The Bertz CT molecular complexity index is 363. The van der Waals surface area contributed by atoms with Gasteiger partial charge in [-0.15, -0.1) is 0 Å². The van der Waals surface area contributed by atoms with Crippen LogP contribution in [0.15, 0.2) is 12.1 Å². The first-order valence-electron chi connectivity index (χ1n) is 3.32. The molecular weight excluding hydrogens is 157 g/mol. The van der Waals surface area contributed by atoms with Crippen LogP contribution in [0.4, 0.5) is 4.39 Å². The Hall–Kier alpha value is -1.69. The van der Waals surface area contributed by atoms with Gasteiger partial charge in [-0.3, -0.25) is 4.79 Å². The van der Waals surface area contributed by atoms with Crippen LogP contribution in [0.3, 0.4) is 0 Å². The minimum absolute atomic E-state index is 0.489. The van der Waals surface area contributed by atoms with E-state index < -0.39 is 5.95 Å². The molecule has 0 amide bonds. The van der Waals surface area contributed by atoms with Crippen LogP contribution >= 0.6 is 0 Å². The molecular formula is C9H6FNO. The lowest BCUT2D eigenvalue weighted by Crippen LogP contribution is -1.90. The lowest BCUT2D eigenvalue weighted by molar-refractivity contribution is -0.103. The Balaban J connectivity index is 3.09. The molecule has 0 radical (unpaired) electrons. The van der Waals surface area contributed by atoms with Crippen molar-refractivity contribution in [3.05, 3.63) is 29.3 Å². The monoisotopic (exact) mass is 163 g/mol. The third-order valence-corrected chi connectivity index (χ3v) is 1.32. The molecule has 1 aromatic rings. The summed E-state index contributed by atoms with van der Waals surface area (Å²) in [7, 11) is 0. The first kappa shape index (κ1) is 8.41. The first-order chi connectivity index (χ1) is 5.74. The van der Waals surface area contributed by atoms with Gasteiger partial charge in [-0.25, -0.2) is 4.98 Å². The molecule has 0 unspecified atom stereocenters. The lowest BCUT2D eigenvalue weighted by Gasteiger charge is -1.94. The van der Waals surface area contributed by atoms with Gasteiger partial charge in [0, 0.05) is 5.56 Å². The van der Waals surface area contributed by atoms with Crippen molar-refractivity contribution >= 4 is 6.29 Å². The molecule has 0 N–H and O–H groups in total. The summed E-state index contributed by atoms with van der Waals surface area (Å²) >= 11 is 0. The van der Waals surface area contributed by atoms with Gasteiger partial charge in [-0.1, -0.05) is 5.92 Å². The van der Waals surface area contributed by atoms with Gasteiger partial charge in [0.05, 0.1) is 5.69 Å². The van der Waals surface area contributed by atoms with Crippen molar-refractivity contribution in [2.24, 2.45) is 0 Å². The summed E-state index contributed by atoms with van der Waals surface area (Å²) in [5.41, 5.74) is 1.06. The highest BCUT2D eigenvalue weighted by atomic mass is 19.1. The maximum Gasteiger partial charge on any atom is 0.213 e. The zero-order valence-corrected chi connectivity index (χ0v) is 6.47. The van der Waals surface area contributed by atoms with Gasteiger partial charge in [0.25, 0.3) is 0 Å². The van der Waals surface area contributed by atoms with Gasteiger partial charge in [-0.2, -0.15) is 4.39 Å². The Kier molecular flexibility index (Phi) is 2.54. The van der Waals surface area contributed by atoms with Crippen LogP contribution in [-0.2, 0) is 4.79 Å². The van der Waals surface area contributed by atoms with Crippen molar-refractivity contribution in [1.82, 2.24) is 4.98 Å². The summed E-state index contributed by atoms with van der Waals surface area (Å²) < 4.78 is 12.4. The van der Waals surface area contributed by atoms with Gasteiger partial charge in [0.1, 0.15) is 0 Å². The van der Waals surface area contributed by atoms with E-state index in [0.29, 0.717) is 17.5 Å². The van der Waals surface area contributed by atoms with Crippen molar-refractivity contribution in [2.75, 3.05) is 0 Å². The number of carbonyl (C=O) groups excluding carboxylic acids is 1.